The predicted octanol–water partition coefficient (Wildman–Crippen LogP) is 3.59. The van der Waals surface area contributed by atoms with Crippen LogP contribution in [-0.2, 0) is 6.61 Å². The molecule has 0 radical (unpaired) electrons. The van der Waals surface area contributed by atoms with Gasteiger partial charge in [-0.25, -0.2) is 13.9 Å². The van der Waals surface area contributed by atoms with Crippen LogP contribution in [0.4, 0.5) is 4.39 Å². The van der Waals surface area contributed by atoms with Crippen molar-refractivity contribution in [2.45, 2.75) is 32.3 Å². The molecule has 1 saturated heterocycles. The van der Waals surface area contributed by atoms with E-state index in [0.717, 1.165) is 37.3 Å². The highest BCUT2D eigenvalue weighted by Crippen LogP contribution is 2.29. The van der Waals surface area contributed by atoms with Crippen LogP contribution < -0.4 is 5.32 Å². The monoisotopic (exact) mass is 464 g/mol. The minimum absolute atomic E-state index is 0. The van der Waals surface area contributed by atoms with Crippen LogP contribution in [-0.4, -0.2) is 43.0 Å². The van der Waals surface area contributed by atoms with Gasteiger partial charge >= 0.3 is 0 Å². The Morgan fingerprint density at radius 3 is 2.65 bits per heavy atom. The topological polar surface area (TPSA) is 88.2 Å². The first-order valence-electron chi connectivity index (χ1n) is 9.77. The minimum atomic E-state index is -0.350. The Hall–Kier alpha value is -2.39. The molecule has 4 aromatic rings. The van der Waals surface area contributed by atoms with Crippen LogP contribution in [0.25, 0.3) is 27.8 Å². The minimum Gasteiger partial charge on any atom is -0.392 e. The summed E-state index contributed by atoms with van der Waals surface area (Å²) < 4.78 is 16.6. The summed E-state index contributed by atoms with van der Waals surface area (Å²) in [4.78, 5) is 4.38. The van der Waals surface area contributed by atoms with Gasteiger partial charge in [0.2, 0.25) is 0 Å². The fourth-order valence-electron chi connectivity index (χ4n) is 3.99. The van der Waals surface area contributed by atoms with E-state index in [9.17, 15) is 5.11 Å². The number of hydrogen-bond donors (Lipinski definition) is 2. The second-order valence-corrected chi connectivity index (χ2v) is 7.55. The summed E-state index contributed by atoms with van der Waals surface area (Å²) in [5.41, 5.74) is 4.50. The quantitative estimate of drug-likeness (QED) is 0.481. The second-order valence-electron chi connectivity index (χ2n) is 7.55. The van der Waals surface area contributed by atoms with Crippen molar-refractivity contribution < 1.29 is 9.50 Å². The number of piperidine rings is 1. The highest BCUT2D eigenvalue weighted by Gasteiger charge is 2.19. The zero-order chi connectivity index (χ0) is 20.0. The van der Waals surface area contributed by atoms with E-state index in [1.54, 1.807) is 22.8 Å². The normalized spacial score (nSPS) is 14.4. The molecule has 0 bridgehead atoms. The first-order chi connectivity index (χ1) is 14.1. The van der Waals surface area contributed by atoms with Crippen molar-refractivity contribution in [3.05, 3.63) is 53.2 Å². The van der Waals surface area contributed by atoms with Gasteiger partial charge in [-0.05, 0) is 57.1 Å². The van der Waals surface area contributed by atoms with E-state index in [-0.39, 0.29) is 37.2 Å². The molecule has 1 fully saturated rings. The van der Waals surface area contributed by atoms with Gasteiger partial charge in [0.1, 0.15) is 5.82 Å². The van der Waals surface area contributed by atoms with Crippen LogP contribution >= 0.6 is 24.8 Å². The van der Waals surface area contributed by atoms with Crippen LogP contribution in [0.3, 0.4) is 0 Å². The van der Waals surface area contributed by atoms with Crippen LogP contribution in [0.15, 0.2) is 30.5 Å². The summed E-state index contributed by atoms with van der Waals surface area (Å²) in [5, 5.41) is 26.7. The van der Waals surface area contributed by atoms with Crippen LogP contribution in [0.1, 0.15) is 35.7 Å². The molecule has 31 heavy (non-hydrogen) atoms. The standard InChI is InChI=1S/C21H21FN6O.2ClH/c1-12-10-28-21(24-12)15(11-29)8-19(27-28)14-6-17(22)16-9-18(25-26-20(16)7-14)13-2-4-23-5-3-13;;/h6-10,13,23,29H,2-5,11H2,1H3;2*1H. The van der Waals surface area contributed by atoms with Gasteiger partial charge in [0, 0.05) is 22.4 Å². The Bertz CT molecular complexity index is 1230. The zero-order valence-corrected chi connectivity index (χ0v) is 18.5. The third kappa shape index (κ3) is 4.34. The van der Waals surface area contributed by atoms with Crippen molar-refractivity contribution in [2.24, 2.45) is 0 Å². The van der Waals surface area contributed by atoms with Crippen LogP contribution in [0.5, 0.6) is 0 Å². The summed E-state index contributed by atoms with van der Waals surface area (Å²) in [7, 11) is 0. The number of aromatic nitrogens is 5. The smallest absolute Gasteiger partial charge is 0.159 e. The SMILES string of the molecule is Cc1cn2nc(-c3cc(F)c4cc(C5CCNCC5)nnc4c3)cc(CO)c2n1.Cl.Cl. The van der Waals surface area contributed by atoms with E-state index in [1.165, 1.54) is 6.07 Å². The van der Waals surface area contributed by atoms with E-state index in [4.69, 9.17) is 0 Å². The third-order valence-electron chi connectivity index (χ3n) is 5.52. The highest BCUT2D eigenvalue weighted by molar-refractivity contribution is 5.86. The van der Waals surface area contributed by atoms with Gasteiger partial charge < -0.3 is 10.4 Å². The number of imidazole rings is 1. The molecule has 0 spiro atoms. The maximum absolute atomic E-state index is 15.0. The van der Waals surface area contributed by atoms with Gasteiger partial charge in [-0.15, -0.1) is 24.8 Å². The number of rotatable bonds is 3. The van der Waals surface area contributed by atoms with Crippen molar-refractivity contribution in [3.63, 3.8) is 0 Å². The lowest BCUT2D eigenvalue weighted by Crippen LogP contribution is -2.27. The Kier molecular flexibility index (Phi) is 7.06. The number of benzene rings is 1. The molecule has 1 aliphatic heterocycles. The van der Waals surface area contributed by atoms with Gasteiger partial charge in [-0.3, -0.25) is 0 Å². The molecule has 0 aliphatic carbocycles. The summed E-state index contributed by atoms with van der Waals surface area (Å²) in [6.07, 6.45) is 3.75. The number of aliphatic hydroxyl groups excluding tert-OH is 1. The van der Waals surface area contributed by atoms with E-state index in [2.05, 4.69) is 25.6 Å². The molecule has 164 valence electrons. The number of nitrogens with one attached hydrogen (secondary N) is 1. The number of aliphatic hydroxyl groups is 1. The predicted molar refractivity (Wildman–Crippen MR) is 121 cm³/mol. The fourth-order valence-corrected chi connectivity index (χ4v) is 3.99. The first-order valence-corrected chi connectivity index (χ1v) is 9.77. The molecule has 0 unspecified atom stereocenters. The lowest BCUT2D eigenvalue weighted by atomic mass is 9.93. The molecule has 10 heteroatoms. The zero-order valence-electron chi connectivity index (χ0n) is 16.9. The average Bonchev–Trinajstić information content (AvgIpc) is 3.13. The summed E-state index contributed by atoms with van der Waals surface area (Å²) >= 11 is 0. The molecule has 5 rings (SSSR count). The molecule has 1 aliphatic rings. The number of halogens is 3. The van der Waals surface area contributed by atoms with Gasteiger partial charge in [-0.2, -0.15) is 15.3 Å². The first kappa shape index (κ1) is 23.3. The molecule has 7 nitrogen and oxygen atoms in total. The average molecular weight is 465 g/mol. The van der Waals surface area contributed by atoms with E-state index >= 15 is 4.39 Å². The van der Waals surface area contributed by atoms with E-state index < -0.39 is 0 Å². The third-order valence-corrected chi connectivity index (χ3v) is 5.52. The molecule has 0 saturated carbocycles. The maximum atomic E-state index is 15.0. The number of aryl methyl sites for hydroxylation is 1. The van der Waals surface area contributed by atoms with Gasteiger partial charge in [-0.1, -0.05) is 0 Å². The van der Waals surface area contributed by atoms with Gasteiger partial charge in [0.15, 0.2) is 5.65 Å². The van der Waals surface area contributed by atoms with E-state index in [1.807, 2.05) is 13.0 Å². The molecular weight excluding hydrogens is 442 g/mol. The van der Waals surface area contributed by atoms with Crippen molar-refractivity contribution >= 4 is 41.4 Å². The highest BCUT2D eigenvalue weighted by atomic mass is 35.5. The lowest BCUT2D eigenvalue weighted by Gasteiger charge is -2.21. The van der Waals surface area contributed by atoms with E-state index in [0.29, 0.717) is 39.3 Å². The Morgan fingerprint density at radius 1 is 1.13 bits per heavy atom. The van der Waals surface area contributed by atoms with Gasteiger partial charge in [0.25, 0.3) is 0 Å². The van der Waals surface area contributed by atoms with Crippen molar-refractivity contribution in [1.82, 2.24) is 30.1 Å². The largest absolute Gasteiger partial charge is 0.392 e. The molecule has 3 aromatic heterocycles. The van der Waals surface area contributed by atoms with Crippen LogP contribution in [0.2, 0.25) is 0 Å². The van der Waals surface area contributed by atoms with Crippen molar-refractivity contribution in [1.29, 1.82) is 0 Å². The molecule has 4 heterocycles. The molecule has 2 N–H and O–H groups in total. The Labute approximate surface area is 190 Å². The summed E-state index contributed by atoms with van der Waals surface area (Å²) in [6, 6.07) is 6.82. The Morgan fingerprint density at radius 2 is 1.90 bits per heavy atom. The van der Waals surface area contributed by atoms with Gasteiger partial charge in [0.05, 0.1) is 35.4 Å². The molecule has 1 aromatic carbocycles. The molecule has 0 amide bonds. The lowest BCUT2D eigenvalue weighted by molar-refractivity contribution is 0.282. The number of nitrogens with zero attached hydrogens (tertiary/aromatic N) is 5. The summed E-state index contributed by atoms with van der Waals surface area (Å²) in [6.45, 7) is 3.58. The molecule has 0 atom stereocenters. The number of fused-ring (bicyclic) bond motifs is 2. The second kappa shape index (κ2) is 9.40. The molecular formula is C21H23Cl2FN6O. The Balaban J connectivity index is 0.00000136. The van der Waals surface area contributed by atoms with Crippen molar-refractivity contribution in [3.8, 4) is 11.3 Å². The maximum Gasteiger partial charge on any atom is 0.159 e. The summed E-state index contributed by atoms with van der Waals surface area (Å²) in [5.74, 6) is -0.0373. The van der Waals surface area contributed by atoms with Crippen LogP contribution in [0, 0.1) is 12.7 Å². The van der Waals surface area contributed by atoms with Crippen molar-refractivity contribution in [2.75, 3.05) is 13.1 Å². The number of hydrogen-bond acceptors (Lipinski definition) is 6. The fraction of sp³-hybridized carbons (Fsp3) is 0.333.